The zero-order chi connectivity index (χ0) is 20.3. The van der Waals surface area contributed by atoms with Gasteiger partial charge in [0.1, 0.15) is 0 Å². The zero-order valence-electron chi connectivity index (χ0n) is 16.3. The van der Waals surface area contributed by atoms with Gasteiger partial charge in [-0.2, -0.15) is 21.4 Å². The van der Waals surface area contributed by atoms with E-state index in [0.29, 0.717) is 36.2 Å². The van der Waals surface area contributed by atoms with Crippen LogP contribution < -0.4 is 0 Å². The minimum Gasteiger partial charge on any atom is -0.339 e. The van der Waals surface area contributed by atoms with Crippen LogP contribution >= 0.6 is 11.3 Å². The maximum Gasteiger partial charge on any atom is 0.253 e. The number of hydrogen-bond acceptors (Lipinski definition) is 6. The van der Waals surface area contributed by atoms with Crippen molar-refractivity contribution in [1.82, 2.24) is 24.8 Å². The van der Waals surface area contributed by atoms with E-state index in [2.05, 4.69) is 15.2 Å². The van der Waals surface area contributed by atoms with Crippen molar-refractivity contribution in [2.45, 2.75) is 19.3 Å². The highest BCUT2D eigenvalue weighted by molar-refractivity contribution is 7.08. The largest absolute Gasteiger partial charge is 0.339 e. The molecular weight excluding hydrogens is 398 g/mol. The van der Waals surface area contributed by atoms with E-state index in [9.17, 15) is 4.79 Å². The van der Waals surface area contributed by atoms with Gasteiger partial charge in [0, 0.05) is 48.4 Å². The monoisotopic (exact) mass is 419 g/mol. The molecule has 0 radical (unpaired) electrons. The Morgan fingerprint density at radius 3 is 3.07 bits per heavy atom. The van der Waals surface area contributed by atoms with Crippen molar-refractivity contribution in [3.05, 3.63) is 71.0 Å². The van der Waals surface area contributed by atoms with Crippen molar-refractivity contribution in [1.29, 1.82) is 0 Å². The Labute approximate surface area is 178 Å². The Kier molecular flexibility index (Phi) is 5.15. The molecule has 3 aromatic heterocycles. The number of amides is 1. The summed E-state index contributed by atoms with van der Waals surface area (Å²) >= 11 is 1.61. The third-order valence-electron chi connectivity index (χ3n) is 5.38. The molecule has 0 bridgehead atoms. The number of piperidine rings is 1. The average molecular weight is 420 g/mol. The molecule has 0 N–H and O–H groups in total. The first-order chi connectivity index (χ1) is 14.8. The highest BCUT2D eigenvalue weighted by Gasteiger charge is 2.26. The smallest absolute Gasteiger partial charge is 0.253 e. The van der Waals surface area contributed by atoms with Gasteiger partial charge < -0.3 is 9.42 Å². The number of likely N-dealkylation sites (tertiary alicyclic amines) is 1. The van der Waals surface area contributed by atoms with Gasteiger partial charge in [0.15, 0.2) is 0 Å². The lowest BCUT2D eigenvalue weighted by atomic mass is 9.94. The van der Waals surface area contributed by atoms with Crippen molar-refractivity contribution in [2.24, 2.45) is 5.92 Å². The van der Waals surface area contributed by atoms with Crippen LogP contribution in [0.3, 0.4) is 0 Å². The third-order valence-corrected chi connectivity index (χ3v) is 6.06. The molecule has 1 aliphatic heterocycles. The van der Waals surface area contributed by atoms with Crippen LogP contribution in [0.5, 0.6) is 0 Å². The molecule has 1 atom stereocenters. The van der Waals surface area contributed by atoms with Crippen molar-refractivity contribution in [2.75, 3.05) is 13.1 Å². The fourth-order valence-corrected chi connectivity index (χ4v) is 4.53. The highest BCUT2D eigenvalue weighted by atomic mass is 32.1. The van der Waals surface area contributed by atoms with Gasteiger partial charge in [-0.25, -0.2) is 4.68 Å². The molecule has 152 valence electrons. The second-order valence-electron chi connectivity index (χ2n) is 7.49. The first kappa shape index (κ1) is 18.7. The molecule has 1 saturated heterocycles. The number of carbonyl (C=O) groups is 1. The molecule has 7 nitrogen and oxygen atoms in total. The number of rotatable bonds is 5. The number of nitrogens with zero attached hydrogens (tertiary/aromatic N) is 5. The fraction of sp³-hybridized carbons (Fsp3) is 0.273. The molecular formula is C22H21N5O2S. The van der Waals surface area contributed by atoms with Crippen LogP contribution in [0.15, 0.2) is 64.1 Å². The lowest BCUT2D eigenvalue weighted by molar-refractivity contribution is 0.0668. The molecule has 8 heteroatoms. The van der Waals surface area contributed by atoms with Crippen LogP contribution in [0.1, 0.15) is 29.1 Å². The molecule has 0 unspecified atom stereocenters. The van der Waals surface area contributed by atoms with E-state index in [1.807, 2.05) is 58.3 Å². The Balaban J connectivity index is 1.26. The highest BCUT2D eigenvalue weighted by Crippen LogP contribution is 2.24. The molecule has 30 heavy (non-hydrogen) atoms. The summed E-state index contributed by atoms with van der Waals surface area (Å²) in [7, 11) is 0. The summed E-state index contributed by atoms with van der Waals surface area (Å²) in [4.78, 5) is 19.6. The molecule has 1 aromatic carbocycles. The average Bonchev–Trinajstić information content (AvgIpc) is 3.56. The molecule has 1 amide bonds. The fourth-order valence-electron chi connectivity index (χ4n) is 3.90. The minimum atomic E-state index is 0.0539. The summed E-state index contributed by atoms with van der Waals surface area (Å²) in [5, 5.41) is 12.3. The Hall–Kier alpha value is -3.26. The Morgan fingerprint density at radius 1 is 1.27 bits per heavy atom. The van der Waals surface area contributed by atoms with Crippen LogP contribution in [-0.4, -0.2) is 43.8 Å². The zero-order valence-corrected chi connectivity index (χ0v) is 17.2. The van der Waals surface area contributed by atoms with Gasteiger partial charge in [-0.15, -0.1) is 0 Å². The normalized spacial score (nSPS) is 16.7. The van der Waals surface area contributed by atoms with Crippen molar-refractivity contribution >= 4 is 17.2 Å². The van der Waals surface area contributed by atoms with E-state index in [0.717, 1.165) is 30.6 Å². The standard InChI is InChI=1S/C22H21N5O2S/c28-22(17-5-1-6-19(13-17)27-10-3-8-23-27)26-9-2-4-16(14-26)12-20-24-21(25-29-20)18-7-11-30-15-18/h1,3,5-8,10-11,13,15-16H,2,4,9,12,14H2/t16-/m0/s1. The van der Waals surface area contributed by atoms with Crippen LogP contribution in [0, 0.1) is 5.92 Å². The van der Waals surface area contributed by atoms with Crippen LogP contribution in [0.25, 0.3) is 17.1 Å². The number of hydrogen-bond donors (Lipinski definition) is 0. The number of benzene rings is 1. The lowest BCUT2D eigenvalue weighted by Gasteiger charge is -2.32. The molecule has 4 aromatic rings. The number of aromatic nitrogens is 4. The van der Waals surface area contributed by atoms with Crippen LogP contribution in [0.4, 0.5) is 0 Å². The number of carbonyl (C=O) groups excluding carboxylic acids is 1. The predicted molar refractivity (Wildman–Crippen MR) is 114 cm³/mol. The van der Waals surface area contributed by atoms with E-state index in [-0.39, 0.29) is 5.91 Å². The summed E-state index contributed by atoms with van der Waals surface area (Å²) in [6.45, 7) is 1.46. The first-order valence-corrected chi connectivity index (χ1v) is 10.9. The van der Waals surface area contributed by atoms with Gasteiger partial charge in [-0.05, 0) is 54.5 Å². The lowest BCUT2D eigenvalue weighted by Crippen LogP contribution is -2.40. The summed E-state index contributed by atoms with van der Waals surface area (Å²) in [6.07, 6.45) is 6.31. The van der Waals surface area contributed by atoms with Gasteiger partial charge >= 0.3 is 0 Å². The van der Waals surface area contributed by atoms with Gasteiger partial charge in [-0.3, -0.25) is 4.79 Å². The molecule has 1 aliphatic rings. The van der Waals surface area contributed by atoms with E-state index >= 15 is 0 Å². The van der Waals surface area contributed by atoms with Crippen LogP contribution in [-0.2, 0) is 6.42 Å². The van der Waals surface area contributed by atoms with Gasteiger partial charge in [0.25, 0.3) is 5.91 Å². The van der Waals surface area contributed by atoms with E-state index in [1.165, 1.54) is 0 Å². The van der Waals surface area contributed by atoms with Gasteiger partial charge in [0.2, 0.25) is 11.7 Å². The first-order valence-electron chi connectivity index (χ1n) is 10.0. The second-order valence-corrected chi connectivity index (χ2v) is 8.27. The summed E-state index contributed by atoms with van der Waals surface area (Å²) < 4.78 is 7.22. The maximum atomic E-state index is 13.1. The molecule has 0 saturated carbocycles. The minimum absolute atomic E-state index is 0.0539. The maximum absolute atomic E-state index is 13.1. The van der Waals surface area contributed by atoms with Crippen molar-refractivity contribution in [3.63, 3.8) is 0 Å². The predicted octanol–water partition coefficient (Wildman–Crippen LogP) is 4.08. The van der Waals surface area contributed by atoms with E-state index in [4.69, 9.17) is 4.52 Å². The van der Waals surface area contributed by atoms with E-state index < -0.39 is 0 Å². The molecule has 0 spiro atoms. The summed E-state index contributed by atoms with van der Waals surface area (Å²) in [5.74, 6) is 1.63. The van der Waals surface area contributed by atoms with Gasteiger partial charge in [0.05, 0.1) is 5.69 Å². The Bertz CT molecular complexity index is 1120. The van der Waals surface area contributed by atoms with Crippen molar-refractivity contribution in [3.8, 4) is 17.1 Å². The summed E-state index contributed by atoms with van der Waals surface area (Å²) in [6, 6.07) is 11.5. The van der Waals surface area contributed by atoms with Crippen molar-refractivity contribution < 1.29 is 9.32 Å². The molecule has 5 rings (SSSR count). The molecule has 1 fully saturated rings. The van der Waals surface area contributed by atoms with E-state index in [1.54, 1.807) is 22.2 Å². The summed E-state index contributed by atoms with van der Waals surface area (Å²) in [5.41, 5.74) is 2.54. The topological polar surface area (TPSA) is 77.1 Å². The number of thiophene rings is 1. The molecule has 0 aliphatic carbocycles. The Morgan fingerprint density at radius 2 is 2.23 bits per heavy atom. The van der Waals surface area contributed by atoms with Crippen LogP contribution in [0.2, 0.25) is 0 Å². The SMILES string of the molecule is O=C(c1cccc(-n2cccn2)c1)N1CCC[C@@H](Cc2nc(-c3ccsc3)no2)C1. The molecule has 4 heterocycles. The quantitative estimate of drug-likeness (QED) is 0.487. The second kappa shape index (κ2) is 8.23. The van der Waals surface area contributed by atoms with Gasteiger partial charge in [-0.1, -0.05) is 11.2 Å². The third kappa shape index (κ3) is 3.91.